The van der Waals surface area contributed by atoms with Crippen molar-refractivity contribution in [2.75, 3.05) is 6.61 Å². The molecule has 2 rings (SSSR count). The molecule has 0 spiro atoms. The number of halogens is 8. The molecule has 0 atom stereocenters. The molecule has 0 aliphatic heterocycles. The number of unbranched alkanes of at least 4 members (excludes halogenated alkanes) is 1. The first-order valence-corrected chi connectivity index (χ1v) is 9.99. The number of esters is 1. The van der Waals surface area contributed by atoms with Gasteiger partial charge in [-0.05, 0) is 30.0 Å². The van der Waals surface area contributed by atoms with Crippen LogP contribution in [0.5, 0.6) is 0 Å². The molecule has 0 aliphatic rings. The van der Waals surface area contributed by atoms with E-state index < -0.39 is 36.8 Å². The number of rotatable bonds is 11. The maximum absolute atomic E-state index is 13.4. The molecular formula is C22H20F8N2O2. The molecule has 0 saturated carbocycles. The van der Waals surface area contributed by atoms with Crippen molar-refractivity contribution in [3.8, 4) is 11.4 Å². The highest BCUT2D eigenvalue weighted by Crippen LogP contribution is 2.48. The molecule has 0 aliphatic carbocycles. The highest BCUT2D eigenvalue weighted by atomic mass is 19.4. The zero-order valence-corrected chi connectivity index (χ0v) is 17.8. The first kappa shape index (κ1) is 27.2. The normalized spacial score (nSPS) is 13.0. The highest BCUT2D eigenvalue weighted by Gasteiger charge is 2.75. The fourth-order valence-corrected chi connectivity index (χ4v) is 2.60. The van der Waals surface area contributed by atoms with Gasteiger partial charge in [-0.25, -0.2) is 23.5 Å². The molecule has 1 heterocycles. The number of carbonyl (C=O) groups excluding carboxylic acids is 1. The Labute approximate surface area is 189 Å². The van der Waals surface area contributed by atoms with E-state index in [0.717, 1.165) is 30.9 Å². The Bertz CT molecular complexity index is 977. The lowest BCUT2D eigenvalue weighted by molar-refractivity contribution is -0.344. The number of aromatic nitrogens is 2. The fraction of sp³-hybridized carbons (Fsp3) is 0.409. The van der Waals surface area contributed by atoms with E-state index in [0.29, 0.717) is 23.0 Å². The average Bonchev–Trinajstić information content (AvgIpc) is 2.80. The Balaban J connectivity index is 1.97. The second kappa shape index (κ2) is 10.9. The fourth-order valence-electron chi connectivity index (χ4n) is 2.60. The summed E-state index contributed by atoms with van der Waals surface area (Å²) in [6, 6.07) is 6.24. The lowest BCUT2D eigenvalue weighted by Crippen LogP contribution is -2.59. The number of nitrogens with zero attached hydrogens (tertiary/aromatic N) is 2. The number of ether oxygens (including phenoxy) is 1. The highest BCUT2D eigenvalue weighted by molar-refractivity contribution is 5.87. The van der Waals surface area contributed by atoms with Crippen LogP contribution in [0.25, 0.3) is 17.5 Å². The number of aryl methyl sites for hydroxylation is 1. The van der Waals surface area contributed by atoms with Crippen molar-refractivity contribution in [2.24, 2.45) is 0 Å². The van der Waals surface area contributed by atoms with Crippen LogP contribution in [0, 0.1) is 0 Å². The van der Waals surface area contributed by atoms with Gasteiger partial charge < -0.3 is 4.74 Å². The zero-order chi connectivity index (χ0) is 25.6. The summed E-state index contributed by atoms with van der Waals surface area (Å²) in [6.07, 6.45) is 2.95. The predicted molar refractivity (Wildman–Crippen MR) is 107 cm³/mol. The van der Waals surface area contributed by atoms with E-state index in [1.807, 2.05) is 0 Å². The second-order valence-corrected chi connectivity index (χ2v) is 7.28. The van der Waals surface area contributed by atoms with Gasteiger partial charge in [0.1, 0.15) is 0 Å². The van der Waals surface area contributed by atoms with Crippen LogP contribution >= 0.6 is 0 Å². The minimum atomic E-state index is -6.44. The summed E-state index contributed by atoms with van der Waals surface area (Å²) in [5, 5.41) is 0. The van der Waals surface area contributed by atoms with E-state index in [1.54, 1.807) is 24.5 Å². The molecule has 0 N–H and O–H groups in total. The van der Waals surface area contributed by atoms with Gasteiger partial charge in [0.05, 0.1) is 0 Å². The van der Waals surface area contributed by atoms with Gasteiger partial charge in [-0.3, -0.25) is 0 Å². The first-order chi connectivity index (χ1) is 15.8. The minimum absolute atomic E-state index is 0.376. The molecule has 0 fully saturated rings. The standard InChI is InChI=1S/C22H20F8N2O2/c1-2-3-4-15-11-31-18(32-12-15)16-8-5-14(6-9-16)7-10-17(33)34-13-20(25,26)22(29,30)21(27,28)19(23)24/h5-12,19H,2-4,13H2,1H3. The monoisotopic (exact) mass is 496 g/mol. The Morgan fingerprint density at radius 3 is 2.15 bits per heavy atom. The summed E-state index contributed by atoms with van der Waals surface area (Å²) >= 11 is 0. The molecule has 0 unspecified atom stereocenters. The van der Waals surface area contributed by atoms with Crippen molar-refractivity contribution in [1.29, 1.82) is 0 Å². The van der Waals surface area contributed by atoms with Crippen molar-refractivity contribution in [3.63, 3.8) is 0 Å². The van der Waals surface area contributed by atoms with Crippen molar-refractivity contribution in [1.82, 2.24) is 9.97 Å². The molecular weight excluding hydrogens is 476 g/mol. The number of hydrogen-bond acceptors (Lipinski definition) is 4. The van der Waals surface area contributed by atoms with Crippen LogP contribution in [0.4, 0.5) is 35.1 Å². The summed E-state index contributed by atoms with van der Waals surface area (Å²) in [5.41, 5.74) is 2.01. The lowest BCUT2D eigenvalue weighted by atomic mass is 10.1. The van der Waals surface area contributed by atoms with Gasteiger partial charge in [-0.2, -0.15) is 26.3 Å². The van der Waals surface area contributed by atoms with Crippen LogP contribution in [0.2, 0.25) is 0 Å². The van der Waals surface area contributed by atoms with E-state index in [4.69, 9.17) is 0 Å². The maximum atomic E-state index is 13.4. The van der Waals surface area contributed by atoms with E-state index in [-0.39, 0.29) is 0 Å². The lowest BCUT2D eigenvalue weighted by Gasteiger charge is -2.31. The van der Waals surface area contributed by atoms with Gasteiger partial charge in [0, 0.05) is 24.0 Å². The van der Waals surface area contributed by atoms with Gasteiger partial charge >= 0.3 is 30.2 Å². The molecule has 186 valence electrons. The van der Waals surface area contributed by atoms with E-state index in [2.05, 4.69) is 21.6 Å². The molecule has 2 aromatic rings. The summed E-state index contributed by atoms with van der Waals surface area (Å²) < 4.78 is 107. The van der Waals surface area contributed by atoms with Crippen molar-refractivity contribution < 1.29 is 44.7 Å². The zero-order valence-electron chi connectivity index (χ0n) is 17.8. The smallest absolute Gasteiger partial charge is 0.381 e. The van der Waals surface area contributed by atoms with Gasteiger partial charge in [0.25, 0.3) is 0 Å². The first-order valence-electron chi connectivity index (χ1n) is 9.99. The van der Waals surface area contributed by atoms with Crippen molar-refractivity contribution in [3.05, 3.63) is 53.9 Å². The SMILES string of the molecule is CCCCc1cnc(-c2ccc(C=CC(=O)OCC(F)(F)C(F)(F)C(F)(F)C(F)F)cc2)nc1. The molecule has 0 bridgehead atoms. The topological polar surface area (TPSA) is 52.1 Å². The molecule has 1 aromatic heterocycles. The van der Waals surface area contributed by atoms with Crippen LogP contribution in [-0.4, -0.2) is 46.7 Å². The molecule has 0 radical (unpaired) electrons. The van der Waals surface area contributed by atoms with Gasteiger partial charge in [0.2, 0.25) is 0 Å². The number of hydrogen-bond donors (Lipinski definition) is 0. The molecule has 12 heteroatoms. The quantitative estimate of drug-likeness (QED) is 0.211. The van der Waals surface area contributed by atoms with Crippen molar-refractivity contribution in [2.45, 2.75) is 50.4 Å². The Kier molecular flexibility index (Phi) is 8.73. The molecule has 1 aromatic carbocycles. The summed E-state index contributed by atoms with van der Waals surface area (Å²) in [4.78, 5) is 20.1. The summed E-state index contributed by atoms with van der Waals surface area (Å²) in [5.74, 6) is -19.6. The Morgan fingerprint density at radius 1 is 1.03 bits per heavy atom. The summed E-state index contributed by atoms with van der Waals surface area (Å²) in [6.45, 7) is -0.452. The van der Waals surface area contributed by atoms with Crippen LogP contribution in [0.3, 0.4) is 0 Å². The van der Waals surface area contributed by atoms with E-state index in [1.165, 1.54) is 12.1 Å². The van der Waals surface area contributed by atoms with Gasteiger partial charge in [0.15, 0.2) is 12.4 Å². The van der Waals surface area contributed by atoms with Gasteiger partial charge in [-0.15, -0.1) is 0 Å². The molecule has 4 nitrogen and oxygen atoms in total. The number of alkyl halides is 8. The number of benzene rings is 1. The summed E-state index contributed by atoms with van der Waals surface area (Å²) in [7, 11) is 0. The number of carbonyl (C=O) groups is 1. The minimum Gasteiger partial charge on any atom is -0.456 e. The molecule has 0 amide bonds. The van der Waals surface area contributed by atoms with Crippen LogP contribution < -0.4 is 0 Å². The Morgan fingerprint density at radius 2 is 1.62 bits per heavy atom. The second-order valence-electron chi connectivity index (χ2n) is 7.28. The largest absolute Gasteiger partial charge is 0.456 e. The third-order valence-electron chi connectivity index (χ3n) is 4.65. The van der Waals surface area contributed by atoms with Crippen LogP contribution in [0.1, 0.15) is 30.9 Å². The van der Waals surface area contributed by atoms with Crippen LogP contribution in [0.15, 0.2) is 42.7 Å². The Hall–Kier alpha value is -3.05. The third-order valence-corrected chi connectivity index (χ3v) is 4.65. The third kappa shape index (κ3) is 6.29. The van der Waals surface area contributed by atoms with E-state index in [9.17, 15) is 39.9 Å². The maximum Gasteiger partial charge on any atom is 0.381 e. The predicted octanol–water partition coefficient (Wildman–Crippen LogP) is 6.21. The average molecular weight is 496 g/mol. The molecule has 34 heavy (non-hydrogen) atoms. The van der Waals surface area contributed by atoms with Crippen LogP contribution in [-0.2, 0) is 16.0 Å². The van der Waals surface area contributed by atoms with Gasteiger partial charge in [-0.1, -0.05) is 37.6 Å². The van der Waals surface area contributed by atoms with E-state index >= 15 is 0 Å². The molecule has 0 saturated heterocycles. The van der Waals surface area contributed by atoms with Crippen molar-refractivity contribution >= 4 is 12.0 Å².